The summed E-state index contributed by atoms with van der Waals surface area (Å²) in [5.74, 6) is 1.49. The molecular weight excluding hydrogens is 320 g/mol. The lowest BCUT2D eigenvalue weighted by atomic mass is 9.75. The van der Waals surface area contributed by atoms with E-state index in [4.69, 9.17) is 10.1 Å². The van der Waals surface area contributed by atoms with Gasteiger partial charge in [0, 0.05) is 0 Å². The van der Waals surface area contributed by atoms with Gasteiger partial charge in [-0.3, -0.25) is 5.14 Å². The third kappa shape index (κ3) is 3.18. The second kappa shape index (κ2) is 7.12. The highest BCUT2D eigenvalue weighted by Gasteiger charge is 2.27. The Hall–Kier alpha value is -0.580. The average Bonchev–Trinajstić information content (AvgIpc) is 3.05. The summed E-state index contributed by atoms with van der Waals surface area (Å²) in [6, 6.07) is 4.74. The third-order valence-electron chi connectivity index (χ3n) is 5.77. The standard InChI is InChI=1S/C19H26N2S2/c20-23-19-21-18-16(22-19)12-11-15(13-7-3-1-4-8-13)17(18)14-9-5-2-6-10-14/h11-14H,1-10,20H2. The number of nitrogens with two attached hydrogens (primary N) is 1. The predicted octanol–water partition coefficient (Wildman–Crippen LogP) is 6.36. The van der Waals surface area contributed by atoms with Gasteiger partial charge in [0.1, 0.15) is 0 Å². The van der Waals surface area contributed by atoms with Crippen LogP contribution in [0, 0.1) is 0 Å². The van der Waals surface area contributed by atoms with E-state index in [0.717, 1.165) is 16.2 Å². The van der Waals surface area contributed by atoms with E-state index in [2.05, 4.69) is 12.1 Å². The van der Waals surface area contributed by atoms with E-state index in [1.165, 1.54) is 86.4 Å². The largest absolute Gasteiger partial charge is 0.272 e. The van der Waals surface area contributed by atoms with Crippen LogP contribution in [0.5, 0.6) is 0 Å². The first-order valence-corrected chi connectivity index (χ1v) is 10.9. The summed E-state index contributed by atoms with van der Waals surface area (Å²) in [7, 11) is 0. The fourth-order valence-electron chi connectivity index (χ4n) is 4.65. The molecule has 2 aliphatic rings. The van der Waals surface area contributed by atoms with Crippen LogP contribution < -0.4 is 5.14 Å². The molecule has 0 saturated heterocycles. The van der Waals surface area contributed by atoms with Gasteiger partial charge in [-0.15, -0.1) is 11.3 Å². The molecule has 2 aromatic rings. The van der Waals surface area contributed by atoms with Crippen molar-refractivity contribution >= 4 is 33.5 Å². The molecule has 4 heteroatoms. The van der Waals surface area contributed by atoms with Crippen LogP contribution >= 0.6 is 23.3 Å². The highest BCUT2D eigenvalue weighted by atomic mass is 32.2. The van der Waals surface area contributed by atoms with Crippen LogP contribution in [0.4, 0.5) is 0 Å². The minimum atomic E-state index is 0.724. The van der Waals surface area contributed by atoms with Crippen LogP contribution in [0.25, 0.3) is 10.2 Å². The Kier molecular flexibility index (Phi) is 4.93. The van der Waals surface area contributed by atoms with E-state index in [0.29, 0.717) is 0 Å². The highest BCUT2D eigenvalue weighted by molar-refractivity contribution is 7.99. The molecule has 0 unspecified atom stereocenters. The lowest BCUT2D eigenvalue weighted by Gasteiger charge is -2.29. The lowest BCUT2D eigenvalue weighted by molar-refractivity contribution is 0.420. The molecule has 1 aromatic carbocycles. The van der Waals surface area contributed by atoms with Crippen molar-refractivity contribution < 1.29 is 0 Å². The second-order valence-corrected chi connectivity index (χ2v) is 9.09. The van der Waals surface area contributed by atoms with Crippen LogP contribution in [-0.4, -0.2) is 4.98 Å². The van der Waals surface area contributed by atoms with Crippen LogP contribution in [0.2, 0.25) is 0 Å². The molecule has 2 fully saturated rings. The summed E-state index contributed by atoms with van der Waals surface area (Å²) in [6.45, 7) is 0. The molecule has 1 heterocycles. The number of benzene rings is 1. The quantitative estimate of drug-likeness (QED) is 0.657. The number of rotatable bonds is 3. The molecule has 23 heavy (non-hydrogen) atoms. The Morgan fingerprint density at radius 1 is 0.913 bits per heavy atom. The smallest absolute Gasteiger partial charge is 0.165 e. The van der Waals surface area contributed by atoms with Crippen molar-refractivity contribution in [2.45, 2.75) is 80.4 Å². The summed E-state index contributed by atoms with van der Waals surface area (Å²) < 4.78 is 2.34. The first-order chi connectivity index (χ1) is 11.4. The number of hydrogen-bond donors (Lipinski definition) is 1. The average molecular weight is 347 g/mol. The molecule has 2 N–H and O–H groups in total. The maximum absolute atomic E-state index is 5.79. The van der Waals surface area contributed by atoms with Gasteiger partial charge in [0.25, 0.3) is 0 Å². The van der Waals surface area contributed by atoms with Gasteiger partial charge in [-0.2, -0.15) is 0 Å². The summed E-state index contributed by atoms with van der Waals surface area (Å²) in [5.41, 5.74) is 4.51. The highest BCUT2D eigenvalue weighted by Crippen LogP contribution is 2.45. The SMILES string of the molecule is NSc1nc2c(C3CCCCC3)c(C3CCCCC3)ccc2s1. The van der Waals surface area contributed by atoms with Crippen molar-refractivity contribution in [1.82, 2.24) is 4.98 Å². The Morgan fingerprint density at radius 2 is 1.57 bits per heavy atom. The molecule has 124 valence electrons. The van der Waals surface area contributed by atoms with Crippen LogP contribution in [0.1, 0.15) is 87.2 Å². The Balaban J connectivity index is 1.82. The summed E-state index contributed by atoms with van der Waals surface area (Å²) in [4.78, 5) is 4.92. The molecular formula is C19H26N2S2. The Bertz CT molecular complexity index is 667. The van der Waals surface area contributed by atoms with Crippen molar-refractivity contribution in [2.24, 2.45) is 5.14 Å². The summed E-state index contributed by atoms with van der Waals surface area (Å²) >= 11 is 3.06. The van der Waals surface area contributed by atoms with Gasteiger partial charge >= 0.3 is 0 Å². The maximum Gasteiger partial charge on any atom is 0.165 e. The van der Waals surface area contributed by atoms with Crippen molar-refractivity contribution in [2.75, 3.05) is 0 Å². The zero-order valence-electron chi connectivity index (χ0n) is 13.7. The normalized spacial score (nSPS) is 21.1. The maximum atomic E-state index is 5.79. The predicted molar refractivity (Wildman–Crippen MR) is 101 cm³/mol. The third-order valence-corrected chi connectivity index (χ3v) is 7.42. The summed E-state index contributed by atoms with van der Waals surface area (Å²) in [5, 5.41) is 5.79. The Labute approximate surface area is 147 Å². The van der Waals surface area contributed by atoms with E-state index >= 15 is 0 Å². The van der Waals surface area contributed by atoms with E-state index in [9.17, 15) is 0 Å². The minimum absolute atomic E-state index is 0.724. The van der Waals surface area contributed by atoms with Gasteiger partial charge in [0.05, 0.1) is 10.2 Å². The van der Waals surface area contributed by atoms with E-state index < -0.39 is 0 Å². The molecule has 0 amide bonds. The lowest BCUT2D eigenvalue weighted by Crippen LogP contribution is -2.13. The molecule has 0 bridgehead atoms. The second-order valence-electron chi connectivity index (χ2n) is 7.18. The summed E-state index contributed by atoms with van der Waals surface area (Å²) in [6.07, 6.45) is 13.8. The van der Waals surface area contributed by atoms with E-state index in [-0.39, 0.29) is 0 Å². The monoisotopic (exact) mass is 346 g/mol. The van der Waals surface area contributed by atoms with Crippen molar-refractivity contribution in [1.29, 1.82) is 0 Å². The topological polar surface area (TPSA) is 38.9 Å². The fraction of sp³-hybridized carbons (Fsp3) is 0.632. The van der Waals surface area contributed by atoms with Crippen LogP contribution in [0.3, 0.4) is 0 Å². The zero-order valence-corrected chi connectivity index (χ0v) is 15.4. The molecule has 1 aromatic heterocycles. The number of aromatic nitrogens is 1. The van der Waals surface area contributed by atoms with Gasteiger partial charge in [-0.1, -0.05) is 44.6 Å². The number of nitrogens with zero attached hydrogens (tertiary/aromatic N) is 1. The first-order valence-electron chi connectivity index (χ1n) is 9.17. The number of hydrogen-bond acceptors (Lipinski definition) is 4. The number of thiazole rings is 1. The minimum Gasteiger partial charge on any atom is -0.272 e. The van der Waals surface area contributed by atoms with Crippen LogP contribution in [-0.2, 0) is 0 Å². The zero-order chi connectivity index (χ0) is 15.6. The molecule has 0 aliphatic heterocycles. The molecule has 2 nitrogen and oxygen atoms in total. The van der Waals surface area contributed by atoms with Crippen molar-refractivity contribution in [3.63, 3.8) is 0 Å². The molecule has 2 aliphatic carbocycles. The van der Waals surface area contributed by atoms with Gasteiger partial charge < -0.3 is 0 Å². The first kappa shape index (κ1) is 15.9. The van der Waals surface area contributed by atoms with Gasteiger partial charge in [-0.05, 0) is 66.7 Å². The number of fused-ring (bicyclic) bond motifs is 1. The van der Waals surface area contributed by atoms with Gasteiger partial charge in [-0.25, -0.2) is 4.98 Å². The van der Waals surface area contributed by atoms with Crippen molar-refractivity contribution in [3.05, 3.63) is 23.3 Å². The molecule has 0 atom stereocenters. The molecule has 4 rings (SSSR count). The molecule has 0 radical (unpaired) electrons. The fourth-order valence-corrected chi connectivity index (χ4v) is 5.97. The van der Waals surface area contributed by atoms with E-state index in [1.54, 1.807) is 22.5 Å². The van der Waals surface area contributed by atoms with Gasteiger partial charge in [0.2, 0.25) is 0 Å². The van der Waals surface area contributed by atoms with Gasteiger partial charge in [0.15, 0.2) is 4.34 Å². The van der Waals surface area contributed by atoms with Crippen molar-refractivity contribution in [3.8, 4) is 0 Å². The Morgan fingerprint density at radius 3 is 2.22 bits per heavy atom. The molecule has 0 spiro atoms. The van der Waals surface area contributed by atoms with E-state index in [1.807, 2.05) is 0 Å². The molecule has 2 saturated carbocycles. The van der Waals surface area contributed by atoms with Crippen LogP contribution in [0.15, 0.2) is 16.5 Å².